The van der Waals surface area contributed by atoms with Crippen LogP contribution < -0.4 is 20.3 Å². The number of benzene rings is 3. The largest absolute Gasteiger partial charge is 0.497 e. The fourth-order valence-electron chi connectivity index (χ4n) is 4.31. The highest BCUT2D eigenvalue weighted by Gasteiger charge is 2.52. The van der Waals surface area contributed by atoms with Crippen LogP contribution in [-0.4, -0.2) is 42.8 Å². The average molecular weight is 534 g/mol. The van der Waals surface area contributed by atoms with Gasteiger partial charge in [0.25, 0.3) is 5.91 Å². The molecule has 0 saturated heterocycles. The van der Waals surface area contributed by atoms with Crippen LogP contribution in [0.15, 0.2) is 90.4 Å². The van der Waals surface area contributed by atoms with Gasteiger partial charge in [-0.25, -0.2) is 14.8 Å². The van der Waals surface area contributed by atoms with E-state index in [9.17, 15) is 9.18 Å². The first-order valence-corrected chi connectivity index (χ1v) is 12.6. The van der Waals surface area contributed by atoms with Gasteiger partial charge in [-0.3, -0.25) is 10.2 Å². The summed E-state index contributed by atoms with van der Waals surface area (Å²) in [6, 6.07) is 20.8. The summed E-state index contributed by atoms with van der Waals surface area (Å²) in [6.45, 7) is 4.40. The van der Waals surface area contributed by atoms with Gasteiger partial charge in [0.1, 0.15) is 17.3 Å². The maximum absolute atomic E-state index is 14.1. The van der Waals surface area contributed by atoms with E-state index in [1.54, 1.807) is 67.8 Å². The summed E-state index contributed by atoms with van der Waals surface area (Å²) >= 11 is 0. The van der Waals surface area contributed by atoms with Crippen molar-refractivity contribution < 1.29 is 28.5 Å². The second-order valence-corrected chi connectivity index (χ2v) is 8.96. The molecule has 9 heteroatoms. The Hall–Kier alpha value is -4.21. The van der Waals surface area contributed by atoms with E-state index in [0.29, 0.717) is 41.2 Å². The molecule has 0 saturated carbocycles. The van der Waals surface area contributed by atoms with Crippen molar-refractivity contribution in [3.63, 3.8) is 0 Å². The molecule has 1 aliphatic heterocycles. The number of halogens is 1. The molecular formula is C30H32FN3O5. The molecular weight excluding hydrogens is 501 g/mol. The predicted molar refractivity (Wildman–Crippen MR) is 146 cm³/mol. The minimum absolute atomic E-state index is 0.0526. The molecule has 0 aromatic heterocycles. The topological polar surface area (TPSA) is 101 Å². The third kappa shape index (κ3) is 6.45. The Morgan fingerprint density at radius 3 is 2.67 bits per heavy atom. The minimum atomic E-state index is -1.40. The highest BCUT2D eigenvalue weighted by Crippen LogP contribution is 2.43. The monoisotopic (exact) mass is 533 g/mol. The maximum atomic E-state index is 14.1. The van der Waals surface area contributed by atoms with Gasteiger partial charge in [-0.1, -0.05) is 36.4 Å². The van der Waals surface area contributed by atoms with Crippen LogP contribution in [0.4, 0.5) is 4.39 Å². The van der Waals surface area contributed by atoms with E-state index in [4.69, 9.17) is 24.3 Å². The number of hydrogen-bond donors (Lipinski definition) is 3. The number of nitrogens with one attached hydrogen (secondary N) is 2. The molecule has 2 atom stereocenters. The van der Waals surface area contributed by atoms with Crippen molar-refractivity contribution in [2.75, 3.05) is 20.3 Å². The third-order valence-electron chi connectivity index (χ3n) is 6.32. The van der Waals surface area contributed by atoms with Crippen molar-refractivity contribution in [1.82, 2.24) is 10.9 Å². The zero-order chi connectivity index (χ0) is 27.7. The molecule has 3 N–H and O–H groups in total. The molecule has 8 nitrogen and oxygen atoms in total. The molecule has 1 amide bonds. The number of hydrogen-bond acceptors (Lipinski definition) is 7. The smallest absolute Gasteiger partial charge is 0.266 e. The molecule has 0 fully saturated rings. The van der Waals surface area contributed by atoms with Crippen molar-refractivity contribution in [2.24, 2.45) is 4.99 Å². The summed E-state index contributed by atoms with van der Waals surface area (Å²) in [5.41, 5.74) is 5.90. The lowest BCUT2D eigenvalue weighted by Crippen LogP contribution is -2.52. The first-order chi connectivity index (χ1) is 19.0. The van der Waals surface area contributed by atoms with E-state index in [1.165, 1.54) is 6.07 Å². The summed E-state index contributed by atoms with van der Waals surface area (Å²) < 4.78 is 31.5. The quantitative estimate of drug-likeness (QED) is 0.173. The van der Waals surface area contributed by atoms with E-state index < -0.39 is 17.6 Å². The normalized spacial score (nSPS) is 18.1. The summed E-state index contributed by atoms with van der Waals surface area (Å²) in [6.07, 6.45) is 1.53. The minimum Gasteiger partial charge on any atom is -0.497 e. The number of aliphatic imine (C=N–C) groups is 1. The van der Waals surface area contributed by atoms with Crippen molar-refractivity contribution in [1.29, 1.82) is 0 Å². The number of amides is 1. The van der Waals surface area contributed by atoms with Crippen LogP contribution in [0.5, 0.6) is 11.5 Å². The SMILES string of the molecule is C=CC[C@]1(C(=O)NNCc2ccccc2F)N=C(c2ccc(OCCCO)cc2)O[C@H]1c1cccc(OC)c1. The van der Waals surface area contributed by atoms with Gasteiger partial charge in [0, 0.05) is 37.1 Å². The van der Waals surface area contributed by atoms with Gasteiger partial charge in [-0.2, -0.15) is 0 Å². The molecule has 0 spiro atoms. The van der Waals surface area contributed by atoms with E-state index in [2.05, 4.69) is 17.4 Å². The fraction of sp³-hybridized carbons (Fsp3) is 0.267. The van der Waals surface area contributed by atoms with Crippen molar-refractivity contribution in [3.8, 4) is 11.5 Å². The number of carbonyl (C=O) groups excluding carboxylic acids is 1. The first-order valence-electron chi connectivity index (χ1n) is 12.6. The number of ether oxygens (including phenoxy) is 3. The van der Waals surface area contributed by atoms with Crippen molar-refractivity contribution in [2.45, 2.75) is 31.0 Å². The number of rotatable bonds is 13. The average Bonchev–Trinajstić information content (AvgIpc) is 3.35. The third-order valence-corrected chi connectivity index (χ3v) is 6.32. The van der Waals surface area contributed by atoms with Gasteiger partial charge in [0.15, 0.2) is 11.6 Å². The second kappa shape index (κ2) is 13.0. The number of aliphatic hydroxyl groups is 1. The predicted octanol–water partition coefficient (Wildman–Crippen LogP) is 4.25. The molecule has 4 rings (SSSR count). The lowest BCUT2D eigenvalue weighted by molar-refractivity contribution is -0.129. The van der Waals surface area contributed by atoms with Crippen LogP contribution in [0.25, 0.3) is 0 Å². The molecule has 3 aromatic carbocycles. The van der Waals surface area contributed by atoms with E-state index in [-0.39, 0.29) is 31.3 Å². The van der Waals surface area contributed by atoms with Gasteiger partial charge < -0.3 is 19.3 Å². The first kappa shape index (κ1) is 27.8. The Bertz CT molecular complexity index is 1310. The van der Waals surface area contributed by atoms with Crippen molar-refractivity contribution >= 4 is 11.8 Å². The molecule has 3 aromatic rings. The van der Waals surface area contributed by atoms with Gasteiger partial charge in [-0.05, 0) is 48.0 Å². The van der Waals surface area contributed by atoms with E-state index >= 15 is 0 Å². The summed E-state index contributed by atoms with van der Waals surface area (Å²) in [5.74, 6) is 0.714. The second-order valence-electron chi connectivity index (χ2n) is 8.96. The van der Waals surface area contributed by atoms with Gasteiger partial charge >= 0.3 is 0 Å². The maximum Gasteiger partial charge on any atom is 0.266 e. The van der Waals surface area contributed by atoms with E-state index in [0.717, 1.165) is 0 Å². The zero-order valence-electron chi connectivity index (χ0n) is 21.7. The van der Waals surface area contributed by atoms with Crippen LogP contribution >= 0.6 is 0 Å². The van der Waals surface area contributed by atoms with Crippen molar-refractivity contribution in [3.05, 3.63) is 108 Å². The zero-order valence-corrected chi connectivity index (χ0v) is 21.7. The standard InChI is InChI=1S/C30H32FN3O5/c1-3-16-30(29(36)34-32-20-23-8-4-5-11-26(23)31)27(22-9-6-10-25(19-22)37-2)39-28(33-30)21-12-14-24(15-13-21)38-18-7-17-35/h3-6,8-15,19,27,32,35H,1,7,16-18,20H2,2H3,(H,34,36)/t27-,30-/m0/s1. The Morgan fingerprint density at radius 1 is 1.15 bits per heavy atom. The highest BCUT2D eigenvalue weighted by molar-refractivity contribution is 6.01. The molecule has 39 heavy (non-hydrogen) atoms. The molecule has 204 valence electrons. The number of nitrogens with zero attached hydrogens (tertiary/aromatic N) is 1. The fourth-order valence-corrected chi connectivity index (χ4v) is 4.31. The summed E-state index contributed by atoms with van der Waals surface area (Å²) in [7, 11) is 1.57. The number of hydrazine groups is 1. The van der Waals surface area contributed by atoms with E-state index in [1.807, 2.05) is 12.1 Å². The Balaban J connectivity index is 1.64. The number of aliphatic hydroxyl groups excluding tert-OH is 1. The lowest BCUT2D eigenvalue weighted by atomic mass is 9.84. The van der Waals surface area contributed by atoms with Crippen LogP contribution in [-0.2, 0) is 16.1 Å². The Kier molecular flexibility index (Phi) is 9.30. The summed E-state index contributed by atoms with van der Waals surface area (Å²) in [4.78, 5) is 18.6. The van der Waals surface area contributed by atoms with Gasteiger partial charge in [-0.15, -0.1) is 6.58 Å². The molecule has 0 radical (unpaired) electrons. The molecule has 0 unspecified atom stereocenters. The van der Waals surface area contributed by atoms with Crippen LogP contribution in [0.3, 0.4) is 0 Å². The van der Waals surface area contributed by atoms with Gasteiger partial charge in [0.05, 0.1) is 13.7 Å². The number of carbonyl (C=O) groups is 1. The summed E-state index contributed by atoms with van der Waals surface area (Å²) in [5, 5.41) is 8.96. The molecule has 1 heterocycles. The van der Waals surface area contributed by atoms with Crippen LogP contribution in [0, 0.1) is 5.82 Å². The molecule has 0 aliphatic carbocycles. The highest BCUT2D eigenvalue weighted by atomic mass is 19.1. The molecule has 0 bridgehead atoms. The van der Waals surface area contributed by atoms with Gasteiger partial charge in [0.2, 0.25) is 5.90 Å². The lowest BCUT2D eigenvalue weighted by Gasteiger charge is -2.29. The Labute approximate surface area is 227 Å². The van der Waals surface area contributed by atoms with Crippen LogP contribution in [0.2, 0.25) is 0 Å². The number of methoxy groups -OCH3 is 1. The van der Waals surface area contributed by atoms with Crippen LogP contribution in [0.1, 0.15) is 35.6 Å². The Morgan fingerprint density at radius 2 is 1.95 bits per heavy atom. The molecule has 1 aliphatic rings.